The van der Waals surface area contributed by atoms with Crippen molar-refractivity contribution >= 4 is 43.4 Å². The number of benzene rings is 4. The van der Waals surface area contributed by atoms with E-state index < -0.39 is 0 Å². The van der Waals surface area contributed by atoms with Crippen LogP contribution in [-0.4, -0.2) is 19.9 Å². The Morgan fingerprint density at radius 3 is 1.85 bits per heavy atom. The van der Waals surface area contributed by atoms with Gasteiger partial charge in [-0.15, -0.1) is 0 Å². The first-order valence-electron chi connectivity index (χ1n) is 16.7. The van der Waals surface area contributed by atoms with Gasteiger partial charge in [0.1, 0.15) is 72.4 Å². The molecule has 6 aromatic carbocycles. The second-order valence-corrected chi connectivity index (χ2v) is 13.4. The molecule has 1 atom stereocenters. The van der Waals surface area contributed by atoms with Gasteiger partial charge in [0.2, 0.25) is 0 Å². The van der Waals surface area contributed by atoms with Crippen LogP contribution in [0.15, 0.2) is 133 Å². The first-order chi connectivity index (χ1) is 23.8. The molecule has 10 aromatic rings. The van der Waals surface area contributed by atoms with E-state index in [1.807, 2.05) is 0 Å². The van der Waals surface area contributed by atoms with Crippen LogP contribution in [0.4, 0.5) is 0 Å². The van der Waals surface area contributed by atoms with Crippen molar-refractivity contribution in [2.45, 2.75) is 5.92 Å². The van der Waals surface area contributed by atoms with E-state index in [2.05, 4.69) is 153 Å². The number of fused-ring (bicyclic) bond motifs is 18. The van der Waals surface area contributed by atoms with Gasteiger partial charge in [0, 0.05) is 53.3 Å². The standard InChI is InChI=1S/C44H27N4/c1-2-10-23(11-3-1)36-31-18-19-33(45-31)38-26-14-6-8-16-28(26)40-41-29-17-9-7-15-27(29)39(44(41)48-43(38)40)34-21-20-32(46-34)37-25-13-5-4-12-24(25)30-22-35(36)47-42(30)37/h1-22,37,45-48H/q+3. The molecule has 0 saturated heterocycles. The lowest BCUT2D eigenvalue weighted by Gasteiger charge is -2.13. The molecular formula is C44H27N4+3. The minimum absolute atomic E-state index is 0.0695. The topological polar surface area (TPSA) is 63.2 Å². The Bertz CT molecular complexity index is 2880. The Balaban J connectivity index is 1.25. The number of aromatic amines is 4. The quantitative estimate of drug-likeness (QED) is 0.134. The average Bonchev–Trinajstić information content (AvgIpc) is 3.97. The zero-order valence-electron chi connectivity index (χ0n) is 25.8. The fourth-order valence-corrected chi connectivity index (χ4v) is 9.08. The lowest BCUT2D eigenvalue weighted by molar-refractivity contribution is 0.914. The highest BCUT2D eigenvalue weighted by molar-refractivity contribution is 6.38. The minimum Gasteiger partial charge on any atom is -0.344 e. The second kappa shape index (κ2) is 8.69. The van der Waals surface area contributed by atoms with Crippen molar-refractivity contribution in [1.29, 1.82) is 0 Å². The molecule has 220 valence electrons. The Morgan fingerprint density at radius 1 is 0.458 bits per heavy atom. The molecule has 1 aliphatic heterocycles. The summed E-state index contributed by atoms with van der Waals surface area (Å²) in [5.41, 5.74) is 16.7. The molecule has 0 radical (unpaired) electrons. The summed E-state index contributed by atoms with van der Waals surface area (Å²) in [6.07, 6.45) is 0. The van der Waals surface area contributed by atoms with Crippen molar-refractivity contribution in [1.82, 2.24) is 19.9 Å². The monoisotopic (exact) mass is 611 g/mol. The Morgan fingerprint density at radius 2 is 1.08 bits per heavy atom. The molecule has 8 bridgehead atoms. The van der Waals surface area contributed by atoms with Gasteiger partial charge in [-0.05, 0) is 71.8 Å². The molecule has 4 N–H and O–H groups in total. The molecule has 4 nitrogen and oxygen atoms in total. The molecule has 5 heterocycles. The first-order valence-corrected chi connectivity index (χ1v) is 16.7. The van der Waals surface area contributed by atoms with Gasteiger partial charge in [0.05, 0.1) is 34.4 Å². The van der Waals surface area contributed by atoms with Crippen LogP contribution in [0.5, 0.6) is 0 Å². The van der Waals surface area contributed by atoms with E-state index in [1.54, 1.807) is 0 Å². The molecule has 0 saturated carbocycles. The van der Waals surface area contributed by atoms with Crippen LogP contribution in [-0.2, 0) is 0 Å². The van der Waals surface area contributed by atoms with E-state index in [9.17, 15) is 0 Å². The molecule has 4 aromatic heterocycles. The SMILES string of the molecule is c1ccc([C+]2c3ccc([nH]3)-[c+]3c4ccccc4c4c5c6ccccc6[c+](c5[nH]c43)-c3ccc([nH]3)C3c4ccccc4-c4cc2[nH]c43)cc1. The van der Waals surface area contributed by atoms with Crippen molar-refractivity contribution in [2.24, 2.45) is 0 Å². The molecule has 0 spiro atoms. The Kier molecular flexibility index (Phi) is 4.49. The van der Waals surface area contributed by atoms with Crippen molar-refractivity contribution in [3.63, 3.8) is 0 Å². The molecule has 0 amide bonds. The summed E-state index contributed by atoms with van der Waals surface area (Å²) >= 11 is 0. The van der Waals surface area contributed by atoms with E-state index in [4.69, 9.17) is 0 Å². The number of hydrogen-bond donors (Lipinski definition) is 4. The van der Waals surface area contributed by atoms with E-state index >= 15 is 0 Å². The minimum atomic E-state index is 0.0695. The maximum absolute atomic E-state index is 4.02. The molecule has 4 heteroatoms. The molecule has 1 aliphatic carbocycles. The van der Waals surface area contributed by atoms with Crippen molar-refractivity contribution in [3.05, 3.63) is 173 Å². The third-order valence-corrected chi connectivity index (χ3v) is 11.0. The van der Waals surface area contributed by atoms with Gasteiger partial charge >= 0.3 is 0 Å². The van der Waals surface area contributed by atoms with E-state index in [0.717, 1.165) is 28.7 Å². The Hall–Kier alpha value is -6.39. The normalized spacial score (nSPS) is 14.8. The maximum atomic E-state index is 4.02. The van der Waals surface area contributed by atoms with Gasteiger partial charge in [0.15, 0.2) is 0 Å². The van der Waals surface area contributed by atoms with E-state index in [-0.39, 0.29) is 5.92 Å². The zero-order chi connectivity index (χ0) is 31.1. The largest absolute Gasteiger partial charge is 0.344 e. The molecule has 48 heavy (non-hydrogen) atoms. The van der Waals surface area contributed by atoms with Crippen molar-refractivity contribution in [3.8, 4) is 33.6 Å². The second-order valence-electron chi connectivity index (χ2n) is 13.4. The molecule has 1 unspecified atom stereocenters. The van der Waals surface area contributed by atoms with Gasteiger partial charge < -0.3 is 19.9 Å². The third-order valence-electron chi connectivity index (χ3n) is 11.0. The fraction of sp³-hybridized carbons (Fsp3) is 0.0227. The predicted octanol–water partition coefficient (Wildman–Crippen LogP) is 10.9. The van der Waals surface area contributed by atoms with Gasteiger partial charge in [-0.25, -0.2) is 0 Å². The number of hydrogen-bond acceptors (Lipinski definition) is 0. The number of H-pyrrole nitrogens is 4. The summed E-state index contributed by atoms with van der Waals surface area (Å²) < 4.78 is 0. The summed E-state index contributed by atoms with van der Waals surface area (Å²) in [5.74, 6) is 1.23. The van der Waals surface area contributed by atoms with E-state index in [1.165, 1.54) is 88.1 Å². The number of aromatic nitrogens is 4. The molecule has 12 rings (SSSR count). The highest BCUT2D eigenvalue weighted by atomic mass is 14.8. The smallest absolute Gasteiger partial charge is 0.146 e. The lowest BCUT2D eigenvalue weighted by atomic mass is 9.92. The summed E-state index contributed by atoms with van der Waals surface area (Å²) in [6.45, 7) is 0. The summed E-state index contributed by atoms with van der Waals surface area (Å²) in [7, 11) is 0. The highest BCUT2D eigenvalue weighted by Gasteiger charge is 2.39. The Labute approximate surface area is 275 Å². The van der Waals surface area contributed by atoms with Crippen LogP contribution in [0.25, 0.3) is 77.0 Å². The van der Waals surface area contributed by atoms with Crippen molar-refractivity contribution < 1.29 is 0 Å². The van der Waals surface area contributed by atoms with Gasteiger partial charge in [-0.3, -0.25) is 0 Å². The summed E-state index contributed by atoms with van der Waals surface area (Å²) in [4.78, 5) is 15.9. The molecular weight excluding hydrogens is 585 g/mol. The third kappa shape index (κ3) is 2.99. The predicted molar refractivity (Wildman–Crippen MR) is 196 cm³/mol. The van der Waals surface area contributed by atoms with Crippen LogP contribution in [0.3, 0.4) is 0 Å². The first kappa shape index (κ1) is 24.8. The molecule has 2 aliphatic rings. The van der Waals surface area contributed by atoms with Crippen LogP contribution in [0.2, 0.25) is 0 Å². The number of rotatable bonds is 1. The van der Waals surface area contributed by atoms with Crippen LogP contribution in [0.1, 0.15) is 39.8 Å². The maximum Gasteiger partial charge on any atom is 0.146 e. The summed E-state index contributed by atoms with van der Waals surface area (Å²) in [6, 6.07) is 48.8. The molecule has 0 fully saturated rings. The fourth-order valence-electron chi connectivity index (χ4n) is 9.08. The average molecular weight is 612 g/mol. The highest BCUT2D eigenvalue weighted by Crippen LogP contribution is 2.52. The van der Waals surface area contributed by atoms with Gasteiger partial charge in [0.25, 0.3) is 0 Å². The van der Waals surface area contributed by atoms with Crippen molar-refractivity contribution in [2.75, 3.05) is 0 Å². The van der Waals surface area contributed by atoms with E-state index in [0.29, 0.717) is 0 Å². The van der Waals surface area contributed by atoms with Gasteiger partial charge in [-0.1, -0.05) is 24.3 Å². The summed E-state index contributed by atoms with van der Waals surface area (Å²) in [5, 5.41) is 7.66. The van der Waals surface area contributed by atoms with Gasteiger partial charge in [-0.2, -0.15) is 0 Å². The van der Waals surface area contributed by atoms with Crippen LogP contribution in [0, 0.1) is 5.92 Å². The zero-order valence-corrected chi connectivity index (χ0v) is 25.8. The lowest BCUT2D eigenvalue weighted by Crippen LogP contribution is -2.07. The van der Waals surface area contributed by atoms with Crippen LogP contribution < -0.4 is 0 Å². The van der Waals surface area contributed by atoms with Crippen LogP contribution >= 0.6 is 0 Å². The number of nitrogens with one attached hydrogen (secondary N) is 4.